The minimum Gasteiger partial charge on any atom is -0.497 e. The van der Waals surface area contributed by atoms with Gasteiger partial charge in [0.25, 0.3) is 5.91 Å². The highest BCUT2D eigenvalue weighted by Crippen LogP contribution is 2.18. The number of halogens is 1. The molecule has 7 heteroatoms. The number of nitrogens with zero attached hydrogens (tertiary/aromatic N) is 1. The molecule has 0 saturated heterocycles. The molecule has 1 amide bonds. The summed E-state index contributed by atoms with van der Waals surface area (Å²) in [5, 5.41) is 0. The van der Waals surface area contributed by atoms with E-state index in [4.69, 9.17) is 27.4 Å². The van der Waals surface area contributed by atoms with Gasteiger partial charge in [-0.25, -0.2) is 4.39 Å². The summed E-state index contributed by atoms with van der Waals surface area (Å²) in [5.41, 5.74) is 5.43. The number of thiocarbonyl (C=S) groups is 1. The fraction of sp³-hybridized carbons (Fsp3) is 0.429. The van der Waals surface area contributed by atoms with E-state index < -0.39 is 11.7 Å². The lowest BCUT2D eigenvalue weighted by molar-refractivity contribution is 0.0696. The summed E-state index contributed by atoms with van der Waals surface area (Å²) >= 11 is 4.81. The molecule has 0 atom stereocenters. The van der Waals surface area contributed by atoms with Crippen molar-refractivity contribution in [1.29, 1.82) is 0 Å². The first-order valence-corrected chi connectivity index (χ1v) is 6.80. The van der Waals surface area contributed by atoms with Gasteiger partial charge in [0.05, 0.1) is 24.3 Å². The van der Waals surface area contributed by atoms with E-state index in [9.17, 15) is 9.18 Å². The first kappa shape index (κ1) is 17.3. The first-order valence-electron chi connectivity index (χ1n) is 6.39. The lowest BCUT2D eigenvalue weighted by Gasteiger charge is -2.22. The van der Waals surface area contributed by atoms with Crippen LogP contribution >= 0.6 is 12.2 Å². The quantitative estimate of drug-likeness (QED) is 0.738. The molecule has 1 aromatic carbocycles. The van der Waals surface area contributed by atoms with Crippen LogP contribution in [0.4, 0.5) is 4.39 Å². The smallest absolute Gasteiger partial charge is 0.256 e. The second-order valence-corrected chi connectivity index (χ2v) is 4.87. The fourth-order valence-electron chi connectivity index (χ4n) is 1.73. The molecule has 0 aliphatic carbocycles. The van der Waals surface area contributed by atoms with Gasteiger partial charge < -0.3 is 20.1 Å². The highest BCUT2D eigenvalue weighted by molar-refractivity contribution is 7.80. The Bertz CT molecular complexity index is 511. The van der Waals surface area contributed by atoms with Gasteiger partial charge >= 0.3 is 0 Å². The van der Waals surface area contributed by atoms with Crippen molar-refractivity contribution in [3.05, 3.63) is 29.6 Å². The first-order chi connectivity index (χ1) is 9.99. The van der Waals surface area contributed by atoms with Gasteiger partial charge in [0.15, 0.2) is 0 Å². The highest BCUT2D eigenvalue weighted by Gasteiger charge is 2.19. The van der Waals surface area contributed by atoms with Gasteiger partial charge in [-0.15, -0.1) is 0 Å². The van der Waals surface area contributed by atoms with E-state index in [-0.39, 0.29) is 5.56 Å². The number of nitrogens with two attached hydrogens (primary N) is 1. The molecule has 0 fully saturated rings. The average molecular weight is 314 g/mol. The number of ether oxygens (including phenoxy) is 2. The lowest BCUT2D eigenvalue weighted by Crippen LogP contribution is -2.36. The number of benzene rings is 1. The third-order valence-corrected chi connectivity index (χ3v) is 3.09. The van der Waals surface area contributed by atoms with Crippen molar-refractivity contribution in [3.63, 3.8) is 0 Å². The van der Waals surface area contributed by atoms with Crippen LogP contribution < -0.4 is 10.5 Å². The van der Waals surface area contributed by atoms with Crippen LogP contribution in [0.2, 0.25) is 0 Å². The Kier molecular flexibility index (Phi) is 7.04. The fourth-order valence-corrected chi connectivity index (χ4v) is 1.82. The number of methoxy groups -OCH3 is 2. The maximum absolute atomic E-state index is 14.0. The minimum atomic E-state index is -0.628. The predicted octanol–water partition coefficient (Wildman–Crippen LogP) is 1.60. The Balaban J connectivity index is 2.89. The van der Waals surface area contributed by atoms with Gasteiger partial charge in [0.2, 0.25) is 0 Å². The molecule has 0 heterocycles. The molecular weight excluding hydrogens is 295 g/mol. The van der Waals surface area contributed by atoms with E-state index in [1.165, 1.54) is 31.3 Å². The van der Waals surface area contributed by atoms with E-state index in [1.807, 2.05) is 0 Å². The summed E-state index contributed by atoms with van der Waals surface area (Å²) in [4.78, 5) is 14.2. The molecule has 0 aromatic heterocycles. The Morgan fingerprint density at radius 3 is 2.62 bits per heavy atom. The number of amides is 1. The zero-order valence-corrected chi connectivity index (χ0v) is 12.9. The Labute approximate surface area is 128 Å². The summed E-state index contributed by atoms with van der Waals surface area (Å²) in [6.07, 6.45) is 0.378. The van der Waals surface area contributed by atoms with Crippen molar-refractivity contribution >= 4 is 23.1 Å². The molecule has 0 spiro atoms. The van der Waals surface area contributed by atoms with Crippen LogP contribution in [0.5, 0.6) is 5.75 Å². The van der Waals surface area contributed by atoms with Crippen molar-refractivity contribution in [3.8, 4) is 5.75 Å². The third-order valence-electron chi connectivity index (χ3n) is 2.89. The van der Waals surface area contributed by atoms with E-state index in [2.05, 4.69) is 0 Å². The van der Waals surface area contributed by atoms with Gasteiger partial charge in [0.1, 0.15) is 11.6 Å². The SMILES string of the molecule is COCCN(CCC(N)=S)C(=O)c1ccc(OC)cc1F. The Morgan fingerprint density at radius 2 is 2.10 bits per heavy atom. The van der Waals surface area contributed by atoms with Crippen molar-refractivity contribution in [2.45, 2.75) is 6.42 Å². The van der Waals surface area contributed by atoms with Crippen LogP contribution in [0.15, 0.2) is 18.2 Å². The molecule has 0 saturated carbocycles. The van der Waals surface area contributed by atoms with Crippen molar-refractivity contribution in [2.75, 3.05) is 33.9 Å². The summed E-state index contributed by atoms with van der Waals surface area (Å²) in [5.74, 6) is -0.698. The lowest BCUT2D eigenvalue weighted by atomic mass is 10.1. The summed E-state index contributed by atoms with van der Waals surface area (Å²) in [6.45, 7) is 1.01. The van der Waals surface area contributed by atoms with Crippen LogP contribution in [-0.4, -0.2) is 49.7 Å². The van der Waals surface area contributed by atoms with Crippen LogP contribution in [0.1, 0.15) is 16.8 Å². The van der Waals surface area contributed by atoms with Crippen molar-refractivity contribution < 1.29 is 18.7 Å². The van der Waals surface area contributed by atoms with Gasteiger partial charge in [-0.3, -0.25) is 4.79 Å². The van der Waals surface area contributed by atoms with E-state index in [0.29, 0.717) is 36.9 Å². The predicted molar refractivity (Wildman–Crippen MR) is 82.1 cm³/mol. The Hall–Kier alpha value is -1.73. The summed E-state index contributed by atoms with van der Waals surface area (Å²) < 4.78 is 23.8. The number of hydrogen-bond acceptors (Lipinski definition) is 4. The molecule has 0 aliphatic heterocycles. The van der Waals surface area contributed by atoms with Gasteiger partial charge in [-0.2, -0.15) is 0 Å². The zero-order chi connectivity index (χ0) is 15.8. The van der Waals surface area contributed by atoms with Crippen LogP contribution in [-0.2, 0) is 4.74 Å². The van der Waals surface area contributed by atoms with E-state index in [1.54, 1.807) is 6.07 Å². The van der Waals surface area contributed by atoms with Gasteiger partial charge in [-0.1, -0.05) is 12.2 Å². The van der Waals surface area contributed by atoms with Crippen molar-refractivity contribution in [1.82, 2.24) is 4.90 Å². The normalized spacial score (nSPS) is 10.2. The molecule has 21 heavy (non-hydrogen) atoms. The number of carbonyl (C=O) groups is 1. The standard InChI is InChI=1S/C14H19FN2O3S/c1-19-8-7-17(6-5-13(16)21)14(18)11-4-3-10(20-2)9-12(11)15/h3-4,9H,5-8H2,1-2H3,(H2,16,21). The van der Waals surface area contributed by atoms with E-state index >= 15 is 0 Å². The number of rotatable bonds is 8. The molecule has 1 aromatic rings. The monoisotopic (exact) mass is 314 g/mol. The maximum Gasteiger partial charge on any atom is 0.256 e. The van der Waals surface area contributed by atoms with Gasteiger partial charge in [0, 0.05) is 32.7 Å². The number of hydrogen-bond donors (Lipinski definition) is 1. The minimum absolute atomic E-state index is 0.0187. The molecule has 0 aliphatic rings. The topological polar surface area (TPSA) is 64.8 Å². The van der Waals surface area contributed by atoms with E-state index in [0.717, 1.165) is 0 Å². The third kappa shape index (κ3) is 5.28. The molecule has 116 valence electrons. The molecule has 5 nitrogen and oxygen atoms in total. The van der Waals surface area contributed by atoms with Crippen LogP contribution in [0, 0.1) is 5.82 Å². The van der Waals surface area contributed by atoms with Crippen molar-refractivity contribution in [2.24, 2.45) is 5.73 Å². The highest BCUT2D eigenvalue weighted by atomic mass is 32.1. The molecular formula is C14H19FN2O3S. The Morgan fingerprint density at radius 1 is 1.38 bits per heavy atom. The zero-order valence-electron chi connectivity index (χ0n) is 12.1. The summed E-state index contributed by atoms with van der Waals surface area (Å²) in [6, 6.07) is 4.12. The van der Waals surface area contributed by atoms with Crippen LogP contribution in [0.25, 0.3) is 0 Å². The average Bonchev–Trinajstić information content (AvgIpc) is 2.46. The molecule has 2 N–H and O–H groups in total. The van der Waals surface area contributed by atoms with Gasteiger partial charge in [-0.05, 0) is 12.1 Å². The van der Waals surface area contributed by atoms with Crippen LogP contribution in [0.3, 0.4) is 0 Å². The number of carbonyl (C=O) groups excluding carboxylic acids is 1. The molecule has 1 rings (SSSR count). The summed E-state index contributed by atoms with van der Waals surface area (Å²) in [7, 11) is 2.97. The second-order valence-electron chi connectivity index (χ2n) is 4.35. The maximum atomic E-state index is 14.0. The molecule has 0 unspecified atom stereocenters. The second kappa shape index (κ2) is 8.53. The molecule has 0 bridgehead atoms. The largest absolute Gasteiger partial charge is 0.497 e. The molecule has 0 radical (unpaired) electrons.